The number of ether oxygens (including phenoxy) is 1. The normalized spacial score (nSPS) is 14.8. The number of amides is 1. The molecule has 1 aliphatic heterocycles. The average Bonchev–Trinajstić information content (AvgIpc) is 2.66. The molecule has 0 unspecified atom stereocenters. The number of halogens is 2. The highest BCUT2D eigenvalue weighted by Gasteiger charge is 2.10. The van der Waals surface area contributed by atoms with Crippen LogP contribution < -0.4 is 10.6 Å². The summed E-state index contributed by atoms with van der Waals surface area (Å²) in [6, 6.07) is 8.45. The van der Waals surface area contributed by atoms with Crippen molar-refractivity contribution in [2.75, 3.05) is 50.0 Å². The summed E-state index contributed by atoms with van der Waals surface area (Å²) < 4.78 is 5.33. The molecular formula is C18H20Cl2N4O2. The topological polar surface area (TPSA) is 66.5 Å². The van der Waals surface area contributed by atoms with E-state index >= 15 is 0 Å². The Labute approximate surface area is 162 Å². The lowest BCUT2D eigenvalue weighted by molar-refractivity contribution is 0.0398. The highest BCUT2D eigenvalue weighted by Crippen LogP contribution is 2.25. The predicted molar refractivity (Wildman–Crippen MR) is 104 cm³/mol. The van der Waals surface area contributed by atoms with E-state index in [9.17, 15) is 4.79 Å². The molecule has 1 aromatic carbocycles. The molecule has 1 aliphatic rings. The van der Waals surface area contributed by atoms with Crippen LogP contribution >= 0.6 is 23.2 Å². The highest BCUT2D eigenvalue weighted by atomic mass is 35.5. The van der Waals surface area contributed by atoms with Gasteiger partial charge in [-0.05, 0) is 30.3 Å². The van der Waals surface area contributed by atoms with Gasteiger partial charge in [-0.2, -0.15) is 0 Å². The third-order valence-corrected chi connectivity index (χ3v) is 4.77. The van der Waals surface area contributed by atoms with Gasteiger partial charge in [0.2, 0.25) is 0 Å². The molecule has 1 aromatic heterocycles. The number of anilines is 2. The van der Waals surface area contributed by atoms with Crippen molar-refractivity contribution in [3.8, 4) is 0 Å². The van der Waals surface area contributed by atoms with Gasteiger partial charge in [-0.3, -0.25) is 9.69 Å². The summed E-state index contributed by atoms with van der Waals surface area (Å²) >= 11 is 11.8. The molecule has 0 bridgehead atoms. The Balaban J connectivity index is 1.49. The summed E-state index contributed by atoms with van der Waals surface area (Å²) in [6.07, 6.45) is 1.66. The Morgan fingerprint density at radius 3 is 2.58 bits per heavy atom. The lowest BCUT2D eigenvalue weighted by Gasteiger charge is -2.26. The molecule has 138 valence electrons. The van der Waals surface area contributed by atoms with Gasteiger partial charge in [0.15, 0.2) is 0 Å². The summed E-state index contributed by atoms with van der Waals surface area (Å²) in [6.45, 7) is 5.29. The molecule has 1 saturated heterocycles. The van der Waals surface area contributed by atoms with E-state index in [1.165, 1.54) is 0 Å². The zero-order valence-corrected chi connectivity index (χ0v) is 15.7. The van der Waals surface area contributed by atoms with Gasteiger partial charge in [0.05, 0.1) is 35.1 Å². The monoisotopic (exact) mass is 394 g/mol. The molecule has 0 atom stereocenters. The maximum atomic E-state index is 12.3. The first kappa shape index (κ1) is 18.9. The van der Waals surface area contributed by atoms with E-state index < -0.39 is 0 Å². The number of nitrogens with zero attached hydrogens (tertiary/aromatic N) is 2. The van der Waals surface area contributed by atoms with Gasteiger partial charge < -0.3 is 15.4 Å². The maximum absolute atomic E-state index is 12.3. The molecule has 0 saturated carbocycles. The van der Waals surface area contributed by atoms with Gasteiger partial charge in [-0.1, -0.05) is 23.2 Å². The van der Waals surface area contributed by atoms with E-state index in [1.807, 2.05) is 6.07 Å². The third kappa shape index (κ3) is 5.32. The SMILES string of the molecule is O=C(Nc1ccc(Cl)c(Cl)c1)c1ccc(NCCN2CCOCC2)cn1. The summed E-state index contributed by atoms with van der Waals surface area (Å²) in [4.78, 5) is 18.8. The van der Waals surface area contributed by atoms with Gasteiger partial charge in [0.25, 0.3) is 5.91 Å². The second kappa shape index (κ2) is 9.19. The van der Waals surface area contributed by atoms with Gasteiger partial charge in [0, 0.05) is 31.9 Å². The second-order valence-electron chi connectivity index (χ2n) is 5.90. The van der Waals surface area contributed by atoms with Crippen LogP contribution in [0.2, 0.25) is 10.0 Å². The fraction of sp³-hybridized carbons (Fsp3) is 0.333. The molecule has 0 radical (unpaired) electrons. The zero-order valence-electron chi connectivity index (χ0n) is 14.2. The molecule has 0 aliphatic carbocycles. The number of hydrogen-bond acceptors (Lipinski definition) is 5. The molecule has 26 heavy (non-hydrogen) atoms. The van der Waals surface area contributed by atoms with E-state index in [0.29, 0.717) is 21.4 Å². The van der Waals surface area contributed by atoms with Crippen LogP contribution in [0.4, 0.5) is 11.4 Å². The van der Waals surface area contributed by atoms with Crippen molar-refractivity contribution in [3.63, 3.8) is 0 Å². The average molecular weight is 395 g/mol. The van der Waals surface area contributed by atoms with E-state index in [-0.39, 0.29) is 5.91 Å². The Hall–Kier alpha value is -1.86. The first-order valence-electron chi connectivity index (χ1n) is 8.38. The largest absolute Gasteiger partial charge is 0.383 e. The van der Waals surface area contributed by atoms with Gasteiger partial charge >= 0.3 is 0 Å². The molecule has 6 nitrogen and oxygen atoms in total. The Kier molecular flexibility index (Phi) is 6.68. The van der Waals surface area contributed by atoms with Crippen LogP contribution in [0.1, 0.15) is 10.5 Å². The highest BCUT2D eigenvalue weighted by molar-refractivity contribution is 6.42. The van der Waals surface area contributed by atoms with Crippen molar-refractivity contribution < 1.29 is 9.53 Å². The zero-order chi connectivity index (χ0) is 18.4. The molecule has 0 spiro atoms. The summed E-state index contributed by atoms with van der Waals surface area (Å²) in [7, 11) is 0. The molecule has 1 fully saturated rings. The lowest BCUT2D eigenvalue weighted by Crippen LogP contribution is -2.39. The van der Waals surface area contributed by atoms with Gasteiger partial charge in [-0.15, -0.1) is 0 Å². The first-order valence-corrected chi connectivity index (χ1v) is 9.14. The van der Waals surface area contributed by atoms with Crippen LogP contribution in [0.3, 0.4) is 0 Å². The minimum Gasteiger partial charge on any atom is -0.383 e. The first-order chi connectivity index (χ1) is 12.6. The van der Waals surface area contributed by atoms with E-state index in [2.05, 4.69) is 20.5 Å². The smallest absolute Gasteiger partial charge is 0.274 e. The van der Waals surface area contributed by atoms with Gasteiger partial charge in [-0.25, -0.2) is 4.98 Å². The van der Waals surface area contributed by atoms with Crippen molar-refractivity contribution in [2.24, 2.45) is 0 Å². The number of hydrogen-bond donors (Lipinski definition) is 2. The quantitative estimate of drug-likeness (QED) is 0.785. The van der Waals surface area contributed by atoms with Crippen molar-refractivity contribution in [3.05, 3.63) is 52.3 Å². The summed E-state index contributed by atoms with van der Waals surface area (Å²) in [5, 5.41) is 6.89. The fourth-order valence-electron chi connectivity index (χ4n) is 2.58. The number of rotatable bonds is 6. The van der Waals surface area contributed by atoms with Crippen LogP contribution in [-0.4, -0.2) is 55.2 Å². The molecule has 2 aromatic rings. The lowest BCUT2D eigenvalue weighted by atomic mass is 10.2. The van der Waals surface area contributed by atoms with Crippen LogP contribution in [-0.2, 0) is 4.74 Å². The number of morpholine rings is 1. The number of pyridine rings is 1. The van der Waals surface area contributed by atoms with Crippen molar-refractivity contribution >= 4 is 40.5 Å². The third-order valence-electron chi connectivity index (χ3n) is 4.03. The molecule has 2 N–H and O–H groups in total. The van der Waals surface area contributed by atoms with Crippen LogP contribution in [0, 0.1) is 0 Å². The number of nitrogens with one attached hydrogen (secondary N) is 2. The Morgan fingerprint density at radius 1 is 1.12 bits per heavy atom. The summed E-state index contributed by atoms with van der Waals surface area (Å²) in [5.74, 6) is -0.303. The minimum absolute atomic E-state index is 0.303. The summed E-state index contributed by atoms with van der Waals surface area (Å²) in [5.41, 5.74) is 1.78. The standard InChI is InChI=1S/C18H20Cl2N4O2/c19-15-3-1-13(11-16(15)20)23-18(25)17-4-2-14(12-22-17)21-5-6-24-7-9-26-10-8-24/h1-4,11-12,21H,5-10H2,(H,23,25). The van der Waals surface area contributed by atoms with Crippen LogP contribution in [0.5, 0.6) is 0 Å². The Bertz CT molecular complexity index is 749. The molecule has 8 heteroatoms. The minimum atomic E-state index is -0.303. The number of aromatic nitrogens is 1. The number of benzene rings is 1. The number of carbonyl (C=O) groups excluding carboxylic acids is 1. The molecule has 3 rings (SSSR count). The predicted octanol–water partition coefficient (Wildman–Crippen LogP) is 3.38. The van der Waals surface area contributed by atoms with Crippen molar-refractivity contribution in [2.45, 2.75) is 0 Å². The molecule has 2 heterocycles. The van der Waals surface area contributed by atoms with Crippen molar-refractivity contribution in [1.82, 2.24) is 9.88 Å². The van der Waals surface area contributed by atoms with Gasteiger partial charge in [0.1, 0.15) is 5.69 Å². The van der Waals surface area contributed by atoms with Crippen molar-refractivity contribution in [1.29, 1.82) is 0 Å². The van der Waals surface area contributed by atoms with Crippen LogP contribution in [0.25, 0.3) is 0 Å². The fourth-order valence-corrected chi connectivity index (χ4v) is 2.88. The van der Waals surface area contributed by atoms with Crippen LogP contribution in [0.15, 0.2) is 36.5 Å². The van der Waals surface area contributed by atoms with E-state index in [1.54, 1.807) is 30.5 Å². The maximum Gasteiger partial charge on any atom is 0.274 e. The second-order valence-corrected chi connectivity index (χ2v) is 6.71. The molecular weight excluding hydrogens is 375 g/mol. The number of carbonyl (C=O) groups is 1. The van der Waals surface area contributed by atoms with E-state index in [4.69, 9.17) is 27.9 Å². The Morgan fingerprint density at radius 2 is 1.88 bits per heavy atom. The van der Waals surface area contributed by atoms with E-state index in [0.717, 1.165) is 45.1 Å². The molecule has 1 amide bonds.